The van der Waals surface area contributed by atoms with Crippen LogP contribution in [0.15, 0.2) is 34.1 Å². The maximum absolute atomic E-state index is 13.4. The highest BCUT2D eigenvalue weighted by molar-refractivity contribution is 7.97. The summed E-state index contributed by atoms with van der Waals surface area (Å²) in [7, 11) is -1.84. The molecule has 2 N–H and O–H groups in total. The van der Waals surface area contributed by atoms with Gasteiger partial charge < -0.3 is 9.30 Å². The molecule has 0 radical (unpaired) electrons. The standard InChI is InChI=1S/C25H36F3N3O2S2/c1-6-31(24(3,4)5)35(32)23-13-12-19(14-21(23)33-25(26,27)28)20-15-22(34-29)17(2)30(20)16-18-10-8-7-9-11-18/h12-15,18H,6-11,16,29H2,1-5H3. The third-order valence-corrected chi connectivity index (χ3v) is 9.09. The first-order valence-electron chi connectivity index (χ1n) is 12.0. The zero-order valence-corrected chi connectivity index (χ0v) is 22.7. The summed E-state index contributed by atoms with van der Waals surface area (Å²) in [6.45, 7) is 10.6. The number of benzene rings is 1. The first kappa shape index (κ1) is 28.1. The summed E-state index contributed by atoms with van der Waals surface area (Å²) in [5, 5.41) is 5.89. The Balaban J connectivity index is 2.09. The molecular formula is C25H36F3N3O2S2. The number of nitrogens with zero attached hydrogens (tertiary/aromatic N) is 2. The molecule has 1 heterocycles. The molecule has 1 unspecified atom stereocenters. The molecule has 1 aliphatic rings. The summed E-state index contributed by atoms with van der Waals surface area (Å²) >= 11 is 1.13. The average molecular weight is 532 g/mol. The van der Waals surface area contributed by atoms with E-state index in [0.29, 0.717) is 18.0 Å². The Hall–Kier alpha value is -1.49. The number of aromatic nitrogens is 1. The second-order valence-electron chi connectivity index (χ2n) is 10.0. The van der Waals surface area contributed by atoms with Crippen LogP contribution in [0.3, 0.4) is 0 Å². The van der Waals surface area contributed by atoms with Crippen molar-refractivity contribution in [2.75, 3.05) is 6.54 Å². The number of halogens is 3. The van der Waals surface area contributed by atoms with Gasteiger partial charge >= 0.3 is 6.36 Å². The summed E-state index contributed by atoms with van der Waals surface area (Å²) in [6, 6.07) is 6.49. The van der Waals surface area contributed by atoms with Crippen molar-refractivity contribution in [3.63, 3.8) is 0 Å². The van der Waals surface area contributed by atoms with Crippen molar-refractivity contribution in [3.05, 3.63) is 30.0 Å². The Morgan fingerprint density at radius 2 is 1.83 bits per heavy atom. The Kier molecular flexibility index (Phi) is 9.05. The summed E-state index contributed by atoms with van der Waals surface area (Å²) in [6.07, 6.45) is 1.02. The molecule has 0 saturated heterocycles. The quantitative estimate of drug-likeness (QED) is 0.371. The van der Waals surface area contributed by atoms with Crippen LogP contribution in [0.4, 0.5) is 13.2 Å². The maximum atomic E-state index is 13.4. The molecule has 35 heavy (non-hydrogen) atoms. The van der Waals surface area contributed by atoms with Gasteiger partial charge in [-0.05, 0) is 76.6 Å². The second kappa shape index (κ2) is 11.3. The maximum Gasteiger partial charge on any atom is 0.573 e. The zero-order valence-electron chi connectivity index (χ0n) is 21.1. The number of hydrogen-bond acceptors (Lipinski definition) is 4. The molecule has 0 aliphatic heterocycles. The fraction of sp³-hybridized carbons (Fsp3) is 0.600. The van der Waals surface area contributed by atoms with Crippen LogP contribution in [0.5, 0.6) is 5.75 Å². The highest BCUT2D eigenvalue weighted by Crippen LogP contribution is 2.38. The number of ether oxygens (including phenoxy) is 1. The molecule has 5 nitrogen and oxygen atoms in total. The van der Waals surface area contributed by atoms with Crippen LogP contribution in [0.2, 0.25) is 0 Å². The van der Waals surface area contributed by atoms with Crippen LogP contribution in [-0.2, 0) is 17.5 Å². The van der Waals surface area contributed by atoms with E-state index in [2.05, 4.69) is 9.30 Å². The Morgan fingerprint density at radius 3 is 2.37 bits per heavy atom. The lowest BCUT2D eigenvalue weighted by molar-refractivity contribution is -0.275. The molecule has 1 aromatic carbocycles. The van der Waals surface area contributed by atoms with Gasteiger partial charge in [0.25, 0.3) is 0 Å². The lowest BCUT2D eigenvalue weighted by atomic mass is 9.89. The lowest BCUT2D eigenvalue weighted by Crippen LogP contribution is -2.42. The van der Waals surface area contributed by atoms with E-state index in [1.165, 1.54) is 31.4 Å². The summed E-state index contributed by atoms with van der Waals surface area (Å²) in [4.78, 5) is 0.880. The first-order valence-corrected chi connectivity index (χ1v) is 14.0. The highest BCUT2D eigenvalue weighted by Gasteiger charge is 2.35. The van der Waals surface area contributed by atoms with E-state index >= 15 is 0 Å². The Morgan fingerprint density at radius 1 is 1.17 bits per heavy atom. The smallest absolute Gasteiger partial charge is 0.404 e. The topological polar surface area (TPSA) is 60.5 Å². The van der Waals surface area contributed by atoms with Crippen LogP contribution in [0.25, 0.3) is 11.3 Å². The van der Waals surface area contributed by atoms with Crippen molar-refractivity contribution < 1.29 is 22.1 Å². The third-order valence-electron chi connectivity index (χ3n) is 6.50. The predicted molar refractivity (Wildman–Crippen MR) is 136 cm³/mol. The van der Waals surface area contributed by atoms with E-state index in [1.807, 2.05) is 40.7 Å². The predicted octanol–water partition coefficient (Wildman–Crippen LogP) is 7.05. The van der Waals surface area contributed by atoms with Crippen molar-refractivity contribution in [1.82, 2.24) is 8.87 Å². The summed E-state index contributed by atoms with van der Waals surface area (Å²) in [5.41, 5.74) is 1.85. The molecule has 1 aromatic heterocycles. The molecule has 1 saturated carbocycles. The van der Waals surface area contributed by atoms with Gasteiger partial charge in [0.2, 0.25) is 0 Å². The molecule has 10 heteroatoms. The van der Waals surface area contributed by atoms with Crippen molar-refractivity contribution >= 4 is 22.9 Å². The van der Waals surface area contributed by atoms with Crippen LogP contribution in [0.1, 0.15) is 65.5 Å². The van der Waals surface area contributed by atoms with Crippen LogP contribution in [-0.4, -0.2) is 31.5 Å². The van der Waals surface area contributed by atoms with E-state index in [0.717, 1.165) is 47.6 Å². The van der Waals surface area contributed by atoms with E-state index < -0.39 is 28.6 Å². The van der Waals surface area contributed by atoms with Gasteiger partial charge in [0.1, 0.15) is 16.7 Å². The largest absolute Gasteiger partial charge is 0.573 e. The van der Waals surface area contributed by atoms with Gasteiger partial charge in [0.05, 0.1) is 4.90 Å². The number of alkyl halides is 3. The van der Waals surface area contributed by atoms with Gasteiger partial charge in [-0.2, -0.15) is 0 Å². The highest BCUT2D eigenvalue weighted by atomic mass is 32.2. The third kappa shape index (κ3) is 6.84. The molecule has 3 rings (SSSR count). The van der Waals surface area contributed by atoms with Crippen molar-refractivity contribution in [3.8, 4) is 17.0 Å². The fourth-order valence-corrected chi connectivity index (χ4v) is 6.70. The molecule has 2 aromatic rings. The molecule has 0 spiro atoms. The molecule has 1 fully saturated rings. The first-order chi connectivity index (χ1) is 16.4. The van der Waals surface area contributed by atoms with Crippen molar-refractivity contribution in [2.24, 2.45) is 11.1 Å². The number of nitrogens with two attached hydrogens (primary N) is 1. The summed E-state index contributed by atoms with van der Waals surface area (Å²) < 4.78 is 61.8. The molecular weight excluding hydrogens is 495 g/mol. The van der Waals surface area contributed by atoms with Crippen molar-refractivity contribution in [1.29, 1.82) is 0 Å². The average Bonchev–Trinajstić information content (AvgIpc) is 3.08. The van der Waals surface area contributed by atoms with Crippen LogP contribution >= 0.6 is 11.9 Å². The van der Waals surface area contributed by atoms with E-state index in [4.69, 9.17) is 5.14 Å². The minimum Gasteiger partial charge on any atom is -0.404 e. The molecule has 0 amide bonds. The van der Waals surface area contributed by atoms with Gasteiger partial charge in [-0.25, -0.2) is 8.51 Å². The van der Waals surface area contributed by atoms with Crippen LogP contribution in [0, 0.1) is 12.8 Å². The monoisotopic (exact) mass is 531 g/mol. The molecule has 196 valence electrons. The number of rotatable bonds is 8. The normalized spacial score (nSPS) is 16.6. The minimum atomic E-state index is -4.91. The summed E-state index contributed by atoms with van der Waals surface area (Å²) in [5.74, 6) is 0.0767. The van der Waals surface area contributed by atoms with E-state index in [1.54, 1.807) is 10.4 Å². The van der Waals surface area contributed by atoms with Crippen molar-refractivity contribution in [2.45, 2.75) is 95.0 Å². The zero-order chi connectivity index (χ0) is 26.0. The number of hydrogen-bond donors (Lipinski definition) is 1. The lowest BCUT2D eigenvalue weighted by Gasteiger charge is -2.33. The second-order valence-corrected chi connectivity index (χ2v) is 12.1. The van der Waals surface area contributed by atoms with Gasteiger partial charge in [-0.1, -0.05) is 32.3 Å². The van der Waals surface area contributed by atoms with Gasteiger partial charge in [-0.3, -0.25) is 5.14 Å². The fourth-order valence-electron chi connectivity index (χ4n) is 4.82. The van der Waals surface area contributed by atoms with E-state index in [9.17, 15) is 17.4 Å². The Bertz CT molecular complexity index is 1040. The molecule has 1 atom stereocenters. The SMILES string of the molecule is CCN(S(=O)c1ccc(-c2cc(SN)c(C)n2CC2CCCCC2)cc1OC(F)(F)F)C(C)(C)C. The minimum absolute atomic E-state index is 0.00150. The van der Waals surface area contributed by atoms with Crippen LogP contribution < -0.4 is 9.88 Å². The Labute approximate surface area is 213 Å². The van der Waals surface area contributed by atoms with E-state index in [-0.39, 0.29) is 4.90 Å². The van der Waals surface area contributed by atoms with Gasteiger partial charge in [0.15, 0.2) is 0 Å². The van der Waals surface area contributed by atoms with Gasteiger partial charge in [-0.15, -0.1) is 13.2 Å². The van der Waals surface area contributed by atoms with Gasteiger partial charge in [0, 0.05) is 40.5 Å². The molecule has 1 aliphatic carbocycles. The molecule has 0 bridgehead atoms.